The number of ether oxygens (including phenoxy) is 1. The first-order chi connectivity index (χ1) is 15.4. The van der Waals surface area contributed by atoms with Crippen molar-refractivity contribution in [1.29, 1.82) is 0 Å². The molecule has 0 radical (unpaired) electrons. The quantitative estimate of drug-likeness (QED) is 0.494. The number of esters is 1. The van der Waals surface area contributed by atoms with E-state index in [0.29, 0.717) is 5.69 Å². The zero-order valence-corrected chi connectivity index (χ0v) is 18.1. The Morgan fingerprint density at radius 2 is 1.81 bits per heavy atom. The van der Waals surface area contributed by atoms with Gasteiger partial charge in [-0.1, -0.05) is 36.4 Å². The second kappa shape index (κ2) is 10.9. The number of aryl methyl sites for hydroxylation is 2. The Hall–Kier alpha value is -3.87. The van der Waals surface area contributed by atoms with E-state index in [9.17, 15) is 14.4 Å². The van der Waals surface area contributed by atoms with Gasteiger partial charge < -0.3 is 19.8 Å². The molecule has 3 rings (SSSR count). The molecule has 2 N–H and O–H groups in total. The number of rotatable bonds is 9. The molecule has 0 aliphatic heterocycles. The zero-order valence-electron chi connectivity index (χ0n) is 18.1. The molecule has 1 heterocycles. The highest BCUT2D eigenvalue weighted by atomic mass is 16.5. The lowest BCUT2D eigenvalue weighted by Crippen LogP contribution is -2.36. The third-order valence-corrected chi connectivity index (χ3v) is 4.92. The predicted octanol–water partition coefficient (Wildman–Crippen LogP) is 4.13. The average Bonchev–Trinajstić information content (AvgIpc) is 3.33. The number of carbonyl (C=O) groups is 3. The molecule has 1 atom stereocenters. The van der Waals surface area contributed by atoms with Crippen molar-refractivity contribution in [3.63, 3.8) is 0 Å². The second-order valence-corrected chi connectivity index (χ2v) is 7.53. The minimum Gasteiger partial charge on any atom is -0.459 e. The maximum Gasteiger partial charge on any atom is 0.338 e. The molecule has 166 valence electrons. The summed E-state index contributed by atoms with van der Waals surface area (Å²) in [5.74, 6) is -1.27. The van der Waals surface area contributed by atoms with E-state index in [1.807, 2.05) is 37.3 Å². The Morgan fingerprint density at radius 1 is 1.03 bits per heavy atom. The molecule has 0 aliphatic carbocycles. The number of amides is 2. The first-order valence-corrected chi connectivity index (χ1v) is 10.4. The van der Waals surface area contributed by atoms with Crippen molar-refractivity contribution in [2.75, 3.05) is 11.9 Å². The Morgan fingerprint density at radius 3 is 2.53 bits per heavy atom. The molecule has 1 aromatic heterocycles. The Balaban J connectivity index is 1.48. The molecule has 0 spiro atoms. The fourth-order valence-corrected chi connectivity index (χ4v) is 3.11. The van der Waals surface area contributed by atoms with Gasteiger partial charge in [0, 0.05) is 11.7 Å². The molecular formula is C25H26N2O5. The van der Waals surface area contributed by atoms with Crippen LogP contribution in [0, 0.1) is 6.92 Å². The van der Waals surface area contributed by atoms with Crippen LogP contribution in [0.1, 0.15) is 45.4 Å². The van der Waals surface area contributed by atoms with Crippen molar-refractivity contribution in [1.82, 2.24) is 5.32 Å². The summed E-state index contributed by atoms with van der Waals surface area (Å²) in [7, 11) is 0. The molecule has 3 aromatic rings. The van der Waals surface area contributed by atoms with Crippen molar-refractivity contribution >= 4 is 23.5 Å². The smallest absolute Gasteiger partial charge is 0.338 e. The van der Waals surface area contributed by atoms with E-state index in [2.05, 4.69) is 10.6 Å². The van der Waals surface area contributed by atoms with E-state index in [1.165, 1.54) is 17.9 Å². The lowest BCUT2D eigenvalue weighted by atomic mass is 10.1. The van der Waals surface area contributed by atoms with Gasteiger partial charge in [0.1, 0.15) is 0 Å². The highest BCUT2D eigenvalue weighted by Crippen LogP contribution is 2.19. The molecule has 7 heteroatoms. The van der Waals surface area contributed by atoms with Crippen LogP contribution in [-0.4, -0.2) is 30.4 Å². The van der Waals surface area contributed by atoms with Gasteiger partial charge in [-0.25, -0.2) is 4.79 Å². The molecule has 7 nitrogen and oxygen atoms in total. The van der Waals surface area contributed by atoms with E-state index in [-0.39, 0.29) is 29.9 Å². The predicted molar refractivity (Wildman–Crippen MR) is 120 cm³/mol. The second-order valence-electron chi connectivity index (χ2n) is 7.53. The van der Waals surface area contributed by atoms with Gasteiger partial charge in [-0.3, -0.25) is 9.59 Å². The van der Waals surface area contributed by atoms with Crippen LogP contribution < -0.4 is 10.6 Å². The van der Waals surface area contributed by atoms with Crippen molar-refractivity contribution in [3.05, 3.63) is 89.4 Å². The van der Waals surface area contributed by atoms with Crippen molar-refractivity contribution < 1.29 is 23.5 Å². The van der Waals surface area contributed by atoms with Crippen LogP contribution >= 0.6 is 0 Å². The molecule has 1 unspecified atom stereocenters. The van der Waals surface area contributed by atoms with Gasteiger partial charge in [-0.15, -0.1) is 0 Å². The minimum absolute atomic E-state index is 0.0517. The summed E-state index contributed by atoms with van der Waals surface area (Å²) < 4.78 is 10.2. The molecule has 0 saturated carbocycles. The number of benzene rings is 2. The lowest BCUT2D eigenvalue weighted by Gasteiger charge is -2.14. The first-order valence-electron chi connectivity index (χ1n) is 10.4. The van der Waals surface area contributed by atoms with Crippen LogP contribution in [0.4, 0.5) is 5.69 Å². The average molecular weight is 434 g/mol. The summed E-state index contributed by atoms with van der Waals surface area (Å²) in [6.07, 6.45) is 3.03. The van der Waals surface area contributed by atoms with E-state index < -0.39 is 11.9 Å². The fourth-order valence-electron chi connectivity index (χ4n) is 3.11. The Kier molecular flexibility index (Phi) is 7.80. The zero-order chi connectivity index (χ0) is 22.9. The highest BCUT2D eigenvalue weighted by Gasteiger charge is 2.15. The van der Waals surface area contributed by atoms with Gasteiger partial charge in [-0.2, -0.15) is 0 Å². The van der Waals surface area contributed by atoms with Crippen LogP contribution in [0.3, 0.4) is 0 Å². The van der Waals surface area contributed by atoms with Crippen molar-refractivity contribution in [2.24, 2.45) is 0 Å². The molecular weight excluding hydrogens is 408 g/mol. The van der Waals surface area contributed by atoms with Crippen LogP contribution in [0.5, 0.6) is 0 Å². The topological polar surface area (TPSA) is 97.6 Å². The van der Waals surface area contributed by atoms with Crippen LogP contribution in [0.25, 0.3) is 0 Å². The summed E-state index contributed by atoms with van der Waals surface area (Å²) in [6.45, 7) is 3.34. The number of anilines is 1. The summed E-state index contributed by atoms with van der Waals surface area (Å²) in [5.41, 5.74) is 2.66. The van der Waals surface area contributed by atoms with E-state index in [4.69, 9.17) is 9.15 Å². The first kappa shape index (κ1) is 22.8. The molecule has 0 aliphatic rings. The van der Waals surface area contributed by atoms with Gasteiger partial charge in [0.15, 0.2) is 12.4 Å². The van der Waals surface area contributed by atoms with Crippen LogP contribution in [0.15, 0.2) is 71.3 Å². The van der Waals surface area contributed by atoms with Gasteiger partial charge in [0.2, 0.25) is 0 Å². The largest absolute Gasteiger partial charge is 0.459 e. The van der Waals surface area contributed by atoms with E-state index in [1.54, 1.807) is 31.2 Å². The van der Waals surface area contributed by atoms with Gasteiger partial charge in [0.05, 0.1) is 11.8 Å². The fraction of sp³-hybridized carbons (Fsp3) is 0.240. The third-order valence-electron chi connectivity index (χ3n) is 4.92. The number of hydrogen-bond acceptors (Lipinski definition) is 5. The summed E-state index contributed by atoms with van der Waals surface area (Å²) in [4.78, 5) is 36.7. The SMILES string of the molecule is Cc1ccc(C(=O)OCC(=O)NC(C)CCc2ccccc2)cc1NC(=O)c1ccco1. The molecule has 2 aromatic carbocycles. The van der Waals surface area contributed by atoms with E-state index in [0.717, 1.165) is 18.4 Å². The molecule has 32 heavy (non-hydrogen) atoms. The number of carbonyl (C=O) groups excluding carboxylic acids is 3. The Labute approximate surface area is 186 Å². The third kappa shape index (κ3) is 6.57. The van der Waals surface area contributed by atoms with Gasteiger partial charge in [-0.05, 0) is 62.1 Å². The standard InChI is InChI=1S/C25H26N2O5/c1-17-10-13-20(15-21(17)27-24(29)22-9-6-14-31-22)25(30)32-16-23(28)26-18(2)11-12-19-7-4-3-5-8-19/h3-10,13-15,18H,11-12,16H2,1-2H3,(H,26,28)(H,27,29). The summed E-state index contributed by atoms with van der Waals surface area (Å²) in [6, 6.07) is 17.9. The number of hydrogen-bond donors (Lipinski definition) is 2. The highest BCUT2D eigenvalue weighted by molar-refractivity contribution is 6.03. The molecule has 0 fully saturated rings. The lowest BCUT2D eigenvalue weighted by molar-refractivity contribution is -0.124. The molecule has 0 saturated heterocycles. The monoisotopic (exact) mass is 434 g/mol. The maximum absolute atomic E-state index is 12.4. The summed E-state index contributed by atoms with van der Waals surface area (Å²) >= 11 is 0. The normalized spacial score (nSPS) is 11.4. The summed E-state index contributed by atoms with van der Waals surface area (Å²) in [5, 5.41) is 5.54. The molecule has 2 amide bonds. The van der Waals surface area contributed by atoms with Crippen LogP contribution in [0.2, 0.25) is 0 Å². The van der Waals surface area contributed by atoms with Gasteiger partial charge >= 0.3 is 5.97 Å². The van der Waals surface area contributed by atoms with Gasteiger partial charge in [0.25, 0.3) is 11.8 Å². The maximum atomic E-state index is 12.4. The Bertz CT molecular complexity index is 1060. The minimum atomic E-state index is -0.648. The number of nitrogens with one attached hydrogen (secondary N) is 2. The van der Waals surface area contributed by atoms with E-state index >= 15 is 0 Å². The van der Waals surface area contributed by atoms with Crippen LogP contribution in [-0.2, 0) is 16.0 Å². The molecule has 0 bridgehead atoms. The van der Waals surface area contributed by atoms with Crippen molar-refractivity contribution in [3.8, 4) is 0 Å². The van der Waals surface area contributed by atoms with Crippen molar-refractivity contribution in [2.45, 2.75) is 32.7 Å². The number of furan rings is 1.